The molecule has 0 N–H and O–H groups in total. The van der Waals surface area contributed by atoms with E-state index in [9.17, 15) is 13.2 Å². The monoisotopic (exact) mass is 276 g/mol. The number of esters is 1. The molecule has 6 heteroatoms. The molecule has 1 rings (SSSR count). The molecule has 1 aromatic carbocycles. The lowest BCUT2D eigenvalue weighted by molar-refractivity contribution is 0.0600. The van der Waals surface area contributed by atoms with Gasteiger partial charge in [-0.15, -0.1) is 0 Å². The van der Waals surface area contributed by atoms with Crippen molar-refractivity contribution in [3.63, 3.8) is 0 Å². The second kappa shape index (κ2) is 5.06. The first-order valence-electron chi connectivity index (χ1n) is 4.85. The van der Waals surface area contributed by atoms with E-state index in [1.807, 2.05) is 0 Å². The molecule has 0 aliphatic carbocycles. The summed E-state index contributed by atoms with van der Waals surface area (Å²) in [6.45, 7) is 3.58. The first-order chi connectivity index (χ1) is 7.74. The van der Waals surface area contributed by atoms with Crippen LogP contribution in [-0.4, -0.2) is 21.5 Å². The summed E-state index contributed by atoms with van der Waals surface area (Å²) in [4.78, 5) is 11.4. The fourth-order valence-corrected chi connectivity index (χ4v) is 2.53. The molecule has 0 saturated heterocycles. The van der Waals surface area contributed by atoms with Gasteiger partial charge < -0.3 is 4.74 Å². The van der Waals surface area contributed by atoms with Gasteiger partial charge in [-0.2, -0.15) is 0 Å². The van der Waals surface area contributed by atoms with Crippen molar-refractivity contribution in [2.45, 2.75) is 19.6 Å². The van der Waals surface area contributed by atoms with Crippen LogP contribution in [0.2, 0.25) is 0 Å². The van der Waals surface area contributed by atoms with E-state index in [1.54, 1.807) is 19.9 Å². The number of rotatable bonds is 3. The minimum atomic E-state index is -3.65. The molecule has 0 bridgehead atoms. The number of hydrogen-bond donors (Lipinski definition) is 0. The highest BCUT2D eigenvalue weighted by atomic mass is 35.7. The van der Waals surface area contributed by atoms with Crippen LogP contribution < -0.4 is 0 Å². The number of halogens is 1. The van der Waals surface area contributed by atoms with E-state index >= 15 is 0 Å². The Morgan fingerprint density at radius 2 is 1.94 bits per heavy atom. The number of methoxy groups -OCH3 is 1. The Morgan fingerprint density at radius 1 is 1.35 bits per heavy atom. The van der Waals surface area contributed by atoms with Gasteiger partial charge in [0, 0.05) is 10.7 Å². The van der Waals surface area contributed by atoms with Crippen LogP contribution in [0.3, 0.4) is 0 Å². The highest BCUT2D eigenvalue weighted by Gasteiger charge is 2.15. The van der Waals surface area contributed by atoms with Gasteiger partial charge in [-0.1, -0.05) is 0 Å². The van der Waals surface area contributed by atoms with Crippen LogP contribution in [-0.2, 0) is 19.5 Å². The zero-order chi connectivity index (χ0) is 13.2. The molecule has 0 aliphatic heterocycles. The van der Waals surface area contributed by atoms with Gasteiger partial charge in [0.15, 0.2) is 0 Å². The maximum absolute atomic E-state index is 11.4. The number of hydrogen-bond acceptors (Lipinski definition) is 4. The summed E-state index contributed by atoms with van der Waals surface area (Å²) in [5.41, 5.74) is 2.47. The average Bonchev–Trinajstić information content (AvgIpc) is 2.21. The molecule has 17 heavy (non-hydrogen) atoms. The van der Waals surface area contributed by atoms with Crippen LogP contribution >= 0.6 is 10.7 Å². The Labute approximate surface area is 105 Å². The van der Waals surface area contributed by atoms with E-state index in [1.165, 1.54) is 13.2 Å². The summed E-state index contributed by atoms with van der Waals surface area (Å²) in [5.74, 6) is -0.798. The third-order valence-corrected chi connectivity index (χ3v) is 3.51. The minimum Gasteiger partial charge on any atom is -0.465 e. The Hall–Kier alpha value is -1.07. The van der Waals surface area contributed by atoms with Crippen molar-refractivity contribution in [2.75, 3.05) is 7.11 Å². The second-order valence-corrected chi connectivity index (χ2v) is 6.53. The molecule has 0 spiro atoms. The average molecular weight is 277 g/mol. The molecule has 0 unspecified atom stereocenters. The van der Waals surface area contributed by atoms with Crippen molar-refractivity contribution in [3.05, 3.63) is 34.4 Å². The summed E-state index contributed by atoms with van der Waals surface area (Å²) >= 11 is 0. The van der Waals surface area contributed by atoms with Crippen LogP contribution in [0.5, 0.6) is 0 Å². The molecule has 0 aromatic heterocycles. The van der Waals surface area contributed by atoms with Crippen molar-refractivity contribution in [2.24, 2.45) is 0 Å². The molecule has 0 aliphatic rings. The van der Waals surface area contributed by atoms with Crippen LogP contribution in [0, 0.1) is 13.8 Å². The molecule has 0 heterocycles. The quantitative estimate of drug-likeness (QED) is 0.627. The molecule has 0 saturated carbocycles. The van der Waals surface area contributed by atoms with Crippen molar-refractivity contribution in [1.29, 1.82) is 0 Å². The van der Waals surface area contributed by atoms with Crippen molar-refractivity contribution in [3.8, 4) is 0 Å². The van der Waals surface area contributed by atoms with E-state index in [0.717, 1.165) is 11.1 Å². The Kier molecular flexibility index (Phi) is 4.16. The molecular formula is C11H13ClO4S. The highest BCUT2D eigenvalue weighted by molar-refractivity contribution is 8.13. The van der Waals surface area contributed by atoms with Gasteiger partial charge in [-0.3, -0.25) is 0 Å². The second-order valence-electron chi connectivity index (χ2n) is 3.75. The van der Waals surface area contributed by atoms with Gasteiger partial charge in [0.1, 0.15) is 0 Å². The number of carbonyl (C=O) groups excluding carboxylic acids is 1. The zero-order valence-electron chi connectivity index (χ0n) is 9.78. The van der Waals surface area contributed by atoms with Crippen molar-refractivity contribution < 1.29 is 17.9 Å². The molecule has 0 amide bonds. The Bertz CT molecular complexity index is 549. The summed E-state index contributed by atoms with van der Waals surface area (Å²) in [6, 6.07) is 3.15. The molecular weight excluding hydrogens is 264 g/mol. The van der Waals surface area contributed by atoms with Crippen LogP contribution in [0.15, 0.2) is 12.1 Å². The molecule has 94 valence electrons. The van der Waals surface area contributed by atoms with Gasteiger partial charge in [-0.25, -0.2) is 13.2 Å². The van der Waals surface area contributed by atoms with Gasteiger partial charge in [0.05, 0.1) is 18.4 Å². The number of benzene rings is 1. The third kappa shape index (κ3) is 3.71. The number of aryl methyl sites for hydroxylation is 1. The lowest BCUT2D eigenvalue weighted by atomic mass is 10.0. The smallest absolute Gasteiger partial charge is 0.337 e. The zero-order valence-corrected chi connectivity index (χ0v) is 11.4. The van der Waals surface area contributed by atoms with E-state index in [2.05, 4.69) is 4.74 Å². The SMILES string of the molecule is COC(=O)c1cc(C)c(C)c(CS(=O)(=O)Cl)c1. The van der Waals surface area contributed by atoms with E-state index < -0.39 is 15.0 Å². The van der Waals surface area contributed by atoms with Gasteiger partial charge in [-0.05, 0) is 42.7 Å². The lowest BCUT2D eigenvalue weighted by Crippen LogP contribution is -2.06. The third-order valence-electron chi connectivity index (χ3n) is 2.52. The normalized spacial score (nSPS) is 11.3. The summed E-state index contributed by atoms with van der Waals surface area (Å²) in [6.07, 6.45) is 0. The van der Waals surface area contributed by atoms with Gasteiger partial charge in [0.25, 0.3) is 0 Å². The fraction of sp³-hybridized carbons (Fsp3) is 0.364. The van der Waals surface area contributed by atoms with Crippen molar-refractivity contribution in [1.82, 2.24) is 0 Å². The predicted octanol–water partition coefficient (Wildman–Crippen LogP) is 2.16. The highest BCUT2D eigenvalue weighted by Crippen LogP contribution is 2.20. The maximum atomic E-state index is 11.4. The van der Waals surface area contributed by atoms with Crippen LogP contribution in [0.25, 0.3) is 0 Å². The van der Waals surface area contributed by atoms with E-state index in [0.29, 0.717) is 11.1 Å². The largest absolute Gasteiger partial charge is 0.465 e. The predicted molar refractivity (Wildman–Crippen MR) is 65.7 cm³/mol. The van der Waals surface area contributed by atoms with Crippen molar-refractivity contribution >= 4 is 25.7 Å². The molecule has 4 nitrogen and oxygen atoms in total. The molecule has 0 atom stereocenters. The molecule has 0 radical (unpaired) electrons. The Balaban J connectivity index is 3.30. The lowest BCUT2D eigenvalue weighted by Gasteiger charge is -2.10. The van der Waals surface area contributed by atoms with Gasteiger partial charge >= 0.3 is 5.97 Å². The van der Waals surface area contributed by atoms with Crippen LogP contribution in [0.1, 0.15) is 27.0 Å². The maximum Gasteiger partial charge on any atom is 0.337 e. The minimum absolute atomic E-state index is 0.300. The number of ether oxygens (including phenoxy) is 1. The Morgan fingerprint density at radius 3 is 2.41 bits per heavy atom. The first kappa shape index (κ1) is 14.0. The fourth-order valence-electron chi connectivity index (χ4n) is 1.50. The molecule has 0 fully saturated rings. The first-order valence-corrected chi connectivity index (χ1v) is 7.33. The number of carbonyl (C=O) groups is 1. The summed E-state index contributed by atoms with van der Waals surface area (Å²) < 4.78 is 26.7. The summed E-state index contributed by atoms with van der Waals surface area (Å²) in [7, 11) is 2.84. The van der Waals surface area contributed by atoms with E-state index in [4.69, 9.17) is 10.7 Å². The molecule has 1 aromatic rings. The standard InChI is InChI=1S/C11H13ClO4S/c1-7-4-9(11(13)16-3)5-10(8(7)2)6-17(12,14)15/h4-5H,6H2,1-3H3. The van der Waals surface area contributed by atoms with E-state index in [-0.39, 0.29) is 5.75 Å². The topological polar surface area (TPSA) is 60.4 Å². The van der Waals surface area contributed by atoms with Gasteiger partial charge in [0.2, 0.25) is 9.05 Å². The summed E-state index contributed by atoms with van der Waals surface area (Å²) in [5, 5.41) is 0. The van der Waals surface area contributed by atoms with Crippen LogP contribution in [0.4, 0.5) is 0 Å².